The average Bonchev–Trinajstić information content (AvgIpc) is 0.845. The number of nitrogens with zero attached hydrogens (tertiary/aromatic N) is 13. The molecular weight excluding hydrogens is 1800 g/mol. The number of anilines is 2. The fourth-order valence-electron chi connectivity index (χ4n) is 20.6. The molecule has 28 nitrogen and oxygen atoms in total. The highest BCUT2D eigenvalue weighted by Gasteiger charge is 2.47. The largest absolute Gasteiger partial charge is 0.444 e. The third-order valence-electron chi connectivity index (χ3n) is 25.9. The standard InChI is InChI=1S/C34H41F2N5O4S.C28H38ClN5O4S.C17H18ClN3O3S.C11H22N2O2.3H2S/c1-18-9-26-29-30(28(18)25-8-7-21(35)10-27(25)36)46-17-23(14-38-15-24-11-22(38)16-44-24)41(29)32(42)37-31(26)39-12-19(2)40(20(3)13-39)33(43)45-34(4,5)6;1-15-7-21-23-24(22(15)29)39-14-19(11-31-12-20-8-18(31)13-37-20)34(23)26(35)30-25(21)32-9-16(2)33(17(3)10-32)27(36)38-28(4,5)6;1-8-2-12-14-15(13(8)18)25-7-10(21(14)17(23)19-16(12)22)4-20-5-11-3-9(20)6-24-11;1-8-6-12-7-9(2)13(8)10(14)15-11(3,4)5;;;/h7-10,19-20,22-24H,11-17H2,1-6H3;7,16-20H,8-14H2,1-6H3;2,9-11H,3-7H2,1H3,(H,19,22,23);8-9,12H,6-7H2,1-5H3;3*1H2/t19-,20+,22-,23-,24-;16-,17+,18-,19-,20-;9-,10-,11-;8-,9+;;;/m000..../s1. The summed E-state index contributed by atoms with van der Waals surface area (Å²) in [6.07, 6.45) is 3.18. The monoisotopic (exact) mass is 1920 g/mol. The van der Waals surface area contributed by atoms with Crippen molar-refractivity contribution in [2.75, 3.05) is 125 Å². The van der Waals surface area contributed by atoms with E-state index in [9.17, 15) is 38.0 Å². The zero-order valence-electron chi connectivity index (χ0n) is 76.3. The van der Waals surface area contributed by atoms with Crippen LogP contribution in [-0.4, -0.2) is 281 Å². The van der Waals surface area contributed by atoms with Gasteiger partial charge in [-0.15, -0.1) is 35.3 Å². The second-order valence-corrected chi connectivity index (χ2v) is 43.1. The molecule has 3 aromatic heterocycles. The van der Waals surface area contributed by atoms with Crippen molar-refractivity contribution in [3.05, 3.63) is 117 Å². The molecule has 0 unspecified atom stereocenters. The summed E-state index contributed by atoms with van der Waals surface area (Å²) >= 11 is 18.3. The number of morpholine rings is 3. The number of aromatic nitrogens is 6. The van der Waals surface area contributed by atoms with E-state index in [1.165, 1.54) is 12.1 Å². The van der Waals surface area contributed by atoms with Crippen LogP contribution < -0.4 is 37.7 Å². The summed E-state index contributed by atoms with van der Waals surface area (Å²) in [5.74, 6) is 2.13. The number of halogens is 4. The van der Waals surface area contributed by atoms with Crippen LogP contribution >= 0.6 is 99.0 Å². The summed E-state index contributed by atoms with van der Waals surface area (Å²) in [5, 5.41) is 6.93. The van der Waals surface area contributed by atoms with E-state index < -0.39 is 28.4 Å². The van der Waals surface area contributed by atoms with Gasteiger partial charge in [0.25, 0.3) is 5.56 Å². The molecule has 6 bridgehead atoms. The van der Waals surface area contributed by atoms with Gasteiger partial charge in [0.05, 0.1) is 122 Å². The number of amides is 3. The van der Waals surface area contributed by atoms with Crippen molar-refractivity contribution in [2.24, 2.45) is 0 Å². The fourth-order valence-corrected chi connectivity index (χ4v) is 25.1. The van der Waals surface area contributed by atoms with E-state index in [0.717, 1.165) is 149 Å². The normalized spacial score (nSPS) is 27.0. The maximum Gasteiger partial charge on any atom is 0.410 e. The van der Waals surface area contributed by atoms with Crippen LogP contribution in [0.2, 0.25) is 10.0 Å². The smallest absolute Gasteiger partial charge is 0.410 e. The van der Waals surface area contributed by atoms with Gasteiger partial charge < -0.3 is 48.4 Å². The second-order valence-electron chi connectivity index (χ2n) is 39.2. The summed E-state index contributed by atoms with van der Waals surface area (Å²) in [4.78, 5) is 122. The van der Waals surface area contributed by atoms with Gasteiger partial charge in [-0.1, -0.05) is 23.2 Å². The Bertz CT molecular complexity index is 5610. The molecule has 128 heavy (non-hydrogen) atoms. The number of carbonyl (C=O) groups is 3. The van der Waals surface area contributed by atoms with Crippen LogP contribution in [0.3, 0.4) is 0 Å². The maximum atomic E-state index is 15.3. The molecule has 9 saturated heterocycles. The molecule has 0 radical (unpaired) electrons. The van der Waals surface area contributed by atoms with Crippen molar-refractivity contribution in [2.45, 2.75) is 266 Å². The number of H-pyrrole nitrogens is 1. The van der Waals surface area contributed by atoms with Crippen molar-refractivity contribution < 1.29 is 51.6 Å². The lowest BCUT2D eigenvalue weighted by molar-refractivity contribution is 0.00243. The van der Waals surface area contributed by atoms with Gasteiger partial charge in [0.2, 0.25) is 0 Å². The van der Waals surface area contributed by atoms with Crippen molar-refractivity contribution in [1.82, 2.24) is 63.4 Å². The third kappa shape index (κ3) is 20.1. The zero-order chi connectivity index (χ0) is 89.4. The van der Waals surface area contributed by atoms with Crippen LogP contribution in [0.4, 0.5) is 34.8 Å². The van der Waals surface area contributed by atoms with Crippen LogP contribution in [0.5, 0.6) is 0 Å². The molecule has 0 spiro atoms. The summed E-state index contributed by atoms with van der Waals surface area (Å²) in [7, 11) is 0. The van der Waals surface area contributed by atoms with E-state index in [4.69, 9.17) is 61.6 Å². The maximum absolute atomic E-state index is 15.3. The molecule has 19 rings (SSSR count). The predicted octanol–water partition coefficient (Wildman–Crippen LogP) is 13.6. The van der Waals surface area contributed by atoms with Crippen LogP contribution in [0, 0.1) is 32.4 Å². The average molecular weight is 1930 g/mol. The molecule has 702 valence electrons. The topological polar surface area (TPSA) is 269 Å². The molecule has 2 N–H and O–H groups in total. The molecule has 15 atom stereocenters. The van der Waals surface area contributed by atoms with Crippen LogP contribution in [0.1, 0.15) is 158 Å². The number of ether oxygens (including phenoxy) is 6. The van der Waals surface area contributed by atoms with Gasteiger partial charge in [-0.05, 0) is 191 Å². The number of aryl methyl sites for hydroxylation is 3. The lowest BCUT2D eigenvalue weighted by atomic mass is 9.96. The molecule has 15 heterocycles. The number of nitrogens with one attached hydrogen (secondary N) is 2. The Balaban J connectivity index is 0.000000154. The van der Waals surface area contributed by atoms with Crippen molar-refractivity contribution in [3.8, 4) is 11.1 Å². The molecule has 9 fully saturated rings. The molecule has 38 heteroatoms. The number of aromatic amines is 1. The van der Waals surface area contributed by atoms with Gasteiger partial charge in [-0.2, -0.15) is 50.5 Å². The molecule has 7 aromatic rings. The van der Waals surface area contributed by atoms with Crippen molar-refractivity contribution >= 4 is 162 Å². The first kappa shape index (κ1) is 99.3. The van der Waals surface area contributed by atoms with Crippen LogP contribution in [0.15, 0.2) is 70.3 Å². The van der Waals surface area contributed by atoms with Crippen molar-refractivity contribution in [3.63, 3.8) is 0 Å². The molecule has 12 aliphatic rings. The van der Waals surface area contributed by atoms with Crippen molar-refractivity contribution in [1.29, 1.82) is 0 Å². The van der Waals surface area contributed by atoms with Gasteiger partial charge in [0, 0.05) is 159 Å². The number of likely N-dealkylation sites (tertiary alicyclic amines) is 3. The third-order valence-corrected chi connectivity index (χ3v) is 30.8. The lowest BCUT2D eigenvalue weighted by Gasteiger charge is -2.45. The minimum Gasteiger partial charge on any atom is -0.444 e. The first-order valence-corrected chi connectivity index (χ1v) is 47.7. The number of thioether (sulfide) groups is 3. The lowest BCUT2D eigenvalue weighted by Crippen LogP contribution is -2.60. The highest BCUT2D eigenvalue weighted by atomic mass is 35.5. The highest BCUT2D eigenvalue weighted by molar-refractivity contribution is 8.00. The molecule has 0 saturated carbocycles. The number of benzene rings is 4. The highest BCUT2D eigenvalue weighted by Crippen LogP contribution is 2.50. The Morgan fingerprint density at radius 1 is 0.484 bits per heavy atom. The summed E-state index contributed by atoms with van der Waals surface area (Å²) in [6, 6.07) is 10.4. The summed E-state index contributed by atoms with van der Waals surface area (Å²) < 4.78 is 68.8. The van der Waals surface area contributed by atoms with E-state index in [1.54, 1.807) is 55.7 Å². The van der Waals surface area contributed by atoms with Gasteiger partial charge in [0.15, 0.2) is 0 Å². The molecule has 4 aromatic carbocycles. The SMILES string of the molecule is C[C@@H]1CNC[C@H](C)N1C(=O)OC(C)(C)C.Cc1cc2c(=O)[nH]c(=O)n3c2c(c1Cl)SC[C@@H]3CN1C[C@@H]2C[C@H]1CO2.Cc1cc2c(N3C[C@@H](C)N(C(=O)OC(C)(C)C)[C@@H](C)C3)nc(=O)n3c2c(c1-c1ccc(F)cc1F)SC[C@@H]3CN1C[C@@H]2C[C@H]1CO2.Cc1cc2c(N3C[C@@H](C)N(C(=O)OC(C)(C)C)[C@@H](C)C3)nc(=O)n3c2c(c1Cl)SC[C@@H]3CN1C[C@@H]2C[C@H]1CO2.S.S.S. The fraction of sp³-hybridized carbons (Fsp3) is 0.633. The minimum atomic E-state index is -0.640. The first-order valence-electron chi connectivity index (χ1n) is 44.0. The number of hydrogen-bond acceptors (Lipinski definition) is 24. The summed E-state index contributed by atoms with van der Waals surface area (Å²) in [5.41, 5.74) is 3.07. The van der Waals surface area contributed by atoms with Crippen LogP contribution in [-0.2, 0) is 28.4 Å². The number of hydrogen-bond donors (Lipinski definition) is 2. The first-order chi connectivity index (χ1) is 59.0. The van der Waals surface area contributed by atoms with Gasteiger partial charge in [0.1, 0.15) is 40.1 Å². The Morgan fingerprint density at radius 2 is 0.836 bits per heavy atom. The van der Waals surface area contributed by atoms with E-state index >= 15 is 4.39 Å². The Kier molecular flexibility index (Phi) is 30.2. The Hall–Kier alpha value is -6.23. The number of piperazine rings is 3. The number of carbonyl (C=O) groups excluding carboxylic acids is 3. The minimum absolute atomic E-state index is 0. The van der Waals surface area contributed by atoms with Gasteiger partial charge in [-0.3, -0.25) is 48.0 Å². The summed E-state index contributed by atoms with van der Waals surface area (Å²) in [6.45, 7) is 45.7. The molecular formula is C90H125Cl2F2N15O13S6. The Labute approximate surface area is 790 Å². The van der Waals surface area contributed by atoms with E-state index in [-0.39, 0.29) is 142 Å². The Morgan fingerprint density at radius 3 is 1.20 bits per heavy atom. The quantitative estimate of drug-likeness (QED) is 0.127. The number of fused-ring (bicyclic) bond motifs is 6. The number of rotatable bonds is 9. The van der Waals surface area contributed by atoms with E-state index in [1.807, 2.05) is 145 Å². The van der Waals surface area contributed by atoms with E-state index in [2.05, 4.69) is 40.9 Å². The van der Waals surface area contributed by atoms with Gasteiger partial charge >= 0.3 is 35.3 Å². The van der Waals surface area contributed by atoms with Gasteiger partial charge in [-0.25, -0.2) is 37.5 Å². The molecule has 12 aliphatic heterocycles. The molecule has 3 amide bonds. The predicted molar refractivity (Wildman–Crippen MR) is 518 cm³/mol. The molecule has 0 aliphatic carbocycles. The van der Waals surface area contributed by atoms with Crippen LogP contribution in [0.25, 0.3) is 43.8 Å². The zero-order valence-corrected chi connectivity index (χ0v) is 83.3. The van der Waals surface area contributed by atoms with E-state index in [0.29, 0.717) is 119 Å². The second kappa shape index (κ2) is 39.0.